The summed E-state index contributed by atoms with van der Waals surface area (Å²) in [7, 11) is 0. The molecule has 5 aromatic rings. The number of ether oxygens (including phenoxy) is 10. The molecular formula is C58H68O13S. The standard InChI is InChI=1S/C58H68O13S/c1-39(59)67-51-49(65-36-43-29-19-11-20-30-43)47(63-34-41-25-15-9-16-26-41)45(37-62-33-40-23-13-8-14-24-40)68-53(51)66-38-46-48(64-35-42-27-17-10-18-28-42)50(70-55(60)57(2,3)4)52(71-56(61)58(5,6)7)54(69-46)72-44-31-21-12-22-32-44/h8-32,45-54H,33-38H2,1-7H3/t45-,46-,47-,48-,49+,50+,51+,52+,53+,54-/m1/s1. The molecule has 13 nitrogen and oxygen atoms in total. The van der Waals surface area contributed by atoms with Crippen molar-refractivity contribution in [1.29, 1.82) is 0 Å². The number of rotatable bonds is 21. The Morgan fingerprint density at radius 3 is 1.31 bits per heavy atom. The minimum absolute atomic E-state index is 0.0520. The fourth-order valence-corrected chi connectivity index (χ4v) is 9.14. The Morgan fingerprint density at radius 1 is 0.444 bits per heavy atom. The van der Waals surface area contributed by atoms with E-state index in [0.29, 0.717) is 0 Å². The van der Waals surface area contributed by atoms with Gasteiger partial charge >= 0.3 is 17.9 Å². The van der Waals surface area contributed by atoms with Crippen LogP contribution in [-0.2, 0) is 88.2 Å². The van der Waals surface area contributed by atoms with E-state index in [0.717, 1.165) is 27.1 Å². The molecule has 0 aromatic heterocycles. The number of benzene rings is 5. The summed E-state index contributed by atoms with van der Waals surface area (Å²) in [4.78, 5) is 42.0. The molecule has 2 fully saturated rings. The Bertz CT molecular complexity index is 2410. The molecule has 0 aliphatic carbocycles. The predicted octanol–water partition coefficient (Wildman–Crippen LogP) is 10.1. The monoisotopic (exact) mass is 1000 g/mol. The van der Waals surface area contributed by atoms with Crippen LogP contribution in [0, 0.1) is 10.8 Å². The zero-order valence-electron chi connectivity index (χ0n) is 42.2. The first-order valence-corrected chi connectivity index (χ1v) is 25.3. The molecule has 14 heteroatoms. The van der Waals surface area contributed by atoms with Gasteiger partial charge in [-0.15, -0.1) is 0 Å². The van der Waals surface area contributed by atoms with Crippen molar-refractivity contribution in [3.63, 3.8) is 0 Å². The van der Waals surface area contributed by atoms with E-state index < -0.39 is 89.3 Å². The van der Waals surface area contributed by atoms with Gasteiger partial charge in [0.05, 0.1) is 50.5 Å². The van der Waals surface area contributed by atoms with Crippen molar-refractivity contribution in [3.05, 3.63) is 174 Å². The smallest absolute Gasteiger partial charge is 0.311 e. The summed E-state index contributed by atoms with van der Waals surface area (Å²) in [5, 5.41) is 0. The second kappa shape index (κ2) is 26.0. The molecule has 384 valence electrons. The van der Waals surface area contributed by atoms with E-state index in [2.05, 4.69) is 0 Å². The maximum absolute atomic E-state index is 14.1. The first-order valence-electron chi connectivity index (χ1n) is 24.4. The van der Waals surface area contributed by atoms with E-state index in [1.165, 1.54) is 18.7 Å². The van der Waals surface area contributed by atoms with E-state index in [-0.39, 0.29) is 39.6 Å². The minimum atomic E-state index is -1.28. The molecule has 0 bridgehead atoms. The van der Waals surface area contributed by atoms with Crippen molar-refractivity contribution in [2.75, 3.05) is 13.2 Å². The number of hydrogen-bond donors (Lipinski definition) is 0. The van der Waals surface area contributed by atoms with E-state index in [4.69, 9.17) is 47.4 Å². The number of hydrogen-bond acceptors (Lipinski definition) is 14. The van der Waals surface area contributed by atoms with Gasteiger partial charge in [-0.1, -0.05) is 151 Å². The highest BCUT2D eigenvalue weighted by atomic mass is 32.2. The highest BCUT2D eigenvalue weighted by molar-refractivity contribution is 7.99. The fourth-order valence-electron chi connectivity index (χ4n) is 8.01. The van der Waals surface area contributed by atoms with Gasteiger partial charge in [-0.25, -0.2) is 0 Å². The van der Waals surface area contributed by atoms with Crippen molar-refractivity contribution in [1.82, 2.24) is 0 Å². The lowest BCUT2D eigenvalue weighted by Crippen LogP contribution is -2.64. The van der Waals surface area contributed by atoms with Gasteiger partial charge in [0.25, 0.3) is 0 Å². The minimum Gasteiger partial charge on any atom is -0.455 e. The zero-order valence-corrected chi connectivity index (χ0v) is 43.0. The number of thioether (sulfide) groups is 1. The van der Waals surface area contributed by atoms with E-state index in [1.807, 2.05) is 152 Å². The van der Waals surface area contributed by atoms with Crippen LogP contribution in [0.3, 0.4) is 0 Å². The summed E-state index contributed by atoms with van der Waals surface area (Å²) >= 11 is 1.32. The molecule has 0 unspecified atom stereocenters. The Morgan fingerprint density at radius 2 is 0.847 bits per heavy atom. The fraction of sp³-hybridized carbons (Fsp3) is 0.431. The molecule has 0 N–H and O–H groups in total. The van der Waals surface area contributed by atoms with Crippen LogP contribution in [0.2, 0.25) is 0 Å². The van der Waals surface area contributed by atoms with E-state index >= 15 is 0 Å². The summed E-state index contributed by atoms with van der Waals surface area (Å²) in [6, 6.07) is 48.3. The topological polar surface area (TPSA) is 144 Å². The van der Waals surface area contributed by atoms with Crippen molar-refractivity contribution in [2.24, 2.45) is 10.8 Å². The maximum Gasteiger partial charge on any atom is 0.311 e. The summed E-state index contributed by atoms with van der Waals surface area (Å²) in [6.07, 6.45) is -9.43. The van der Waals surface area contributed by atoms with Gasteiger partial charge in [-0.05, 0) is 75.9 Å². The number of carbonyl (C=O) groups is 3. The second-order valence-electron chi connectivity index (χ2n) is 19.9. The molecule has 7 rings (SSSR count). The largest absolute Gasteiger partial charge is 0.455 e. The van der Waals surface area contributed by atoms with Crippen molar-refractivity contribution >= 4 is 29.7 Å². The first-order chi connectivity index (χ1) is 34.6. The summed E-state index contributed by atoms with van der Waals surface area (Å²) in [5.41, 5.74) is 0.792. The quantitative estimate of drug-likeness (QED) is 0.0508. The Balaban J connectivity index is 1.27. The average Bonchev–Trinajstić information content (AvgIpc) is 3.36. The van der Waals surface area contributed by atoms with Gasteiger partial charge in [-0.2, -0.15) is 0 Å². The van der Waals surface area contributed by atoms with Crippen LogP contribution in [-0.4, -0.2) is 91.7 Å². The lowest BCUT2D eigenvalue weighted by atomic mass is 9.94. The van der Waals surface area contributed by atoms with Crippen LogP contribution in [0.4, 0.5) is 0 Å². The lowest BCUT2D eigenvalue weighted by molar-refractivity contribution is -0.329. The van der Waals surface area contributed by atoms with Gasteiger partial charge in [0, 0.05) is 11.8 Å². The SMILES string of the molecule is CC(=O)O[C@@H]1[C@@H](OC[C@H]2O[C@H](Sc3ccccc3)[C@@H](OC(=O)C(C)(C)C)[C@@H](OC(=O)C(C)(C)C)[C@@H]2OCc2ccccc2)O[C@H](COCc2ccccc2)[C@@H](OCc2ccccc2)[C@@H]1OCc1ccccc1. The van der Waals surface area contributed by atoms with Gasteiger partial charge in [0.2, 0.25) is 0 Å². The van der Waals surface area contributed by atoms with Crippen molar-refractivity contribution < 1.29 is 61.8 Å². The van der Waals surface area contributed by atoms with Gasteiger partial charge in [0.15, 0.2) is 24.6 Å². The van der Waals surface area contributed by atoms with Crippen molar-refractivity contribution in [3.8, 4) is 0 Å². The first kappa shape index (κ1) is 54.4. The summed E-state index contributed by atoms with van der Waals surface area (Å²) in [6.45, 7) is 12.4. The molecule has 5 aromatic carbocycles. The Kier molecular flexibility index (Phi) is 19.6. The number of carbonyl (C=O) groups excluding carboxylic acids is 3. The van der Waals surface area contributed by atoms with Gasteiger partial charge in [0.1, 0.15) is 36.0 Å². The van der Waals surface area contributed by atoms with Gasteiger partial charge < -0.3 is 47.4 Å². The second-order valence-corrected chi connectivity index (χ2v) is 21.1. The maximum atomic E-state index is 14.1. The zero-order chi connectivity index (χ0) is 51.1. The molecule has 0 amide bonds. The third kappa shape index (κ3) is 15.8. The van der Waals surface area contributed by atoms with Crippen LogP contribution in [0.25, 0.3) is 0 Å². The predicted molar refractivity (Wildman–Crippen MR) is 271 cm³/mol. The Labute approximate surface area is 428 Å². The highest BCUT2D eigenvalue weighted by Crippen LogP contribution is 2.40. The normalized spacial score (nSPS) is 24.5. The molecule has 0 radical (unpaired) electrons. The molecule has 2 aliphatic rings. The molecule has 2 saturated heterocycles. The summed E-state index contributed by atoms with van der Waals surface area (Å²) < 4.78 is 66.3. The van der Waals surface area contributed by atoms with E-state index in [1.54, 1.807) is 41.5 Å². The van der Waals surface area contributed by atoms with Crippen LogP contribution in [0.1, 0.15) is 70.7 Å². The highest BCUT2D eigenvalue weighted by Gasteiger charge is 2.55. The third-order valence-corrected chi connectivity index (χ3v) is 13.0. The molecule has 10 atom stereocenters. The van der Waals surface area contributed by atoms with Crippen LogP contribution in [0.5, 0.6) is 0 Å². The Hall–Kier alpha value is -5.42. The molecule has 2 aliphatic heterocycles. The third-order valence-electron chi connectivity index (χ3n) is 11.9. The average molecular weight is 1010 g/mol. The summed E-state index contributed by atoms with van der Waals surface area (Å²) in [5.74, 6) is -1.65. The van der Waals surface area contributed by atoms with Crippen LogP contribution >= 0.6 is 11.8 Å². The van der Waals surface area contributed by atoms with Crippen LogP contribution in [0.15, 0.2) is 157 Å². The lowest BCUT2D eigenvalue weighted by Gasteiger charge is -2.47. The van der Waals surface area contributed by atoms with E-state index in [9.17, 15) is 14.4 Å². The van der Waals surface area contributed by atoms with Crippen molar-refractivity contribution in [2.45, 2.75) is 140 Å². The number of esters is 3. The van der Waals surface area contributed by atoms with Crippen LogP contribution < -0.4 is 0 Å². The molecular weight excluding hydrogens is 937 g/mol. The molecule has 2 heterocycles. The molecule has 72 heavy (non-hydrogen) atoms. The van der Waals surface area contributed by atoms with Gasteiger partial charge in [-0.3, -0.25) is 14.4 Å². The molecule has 0 spiro atoms. The molecule has 0 saturated carbocycles.